The van der Waals surface area contributed by atoms with E-state index in [0.29, 0.717) is 11.6 Å². The van der Waals surface area contributed by atoms with Crippen LogP contribution in [-0.2, 0) is 6.42 Å². The summed E-state index contributed by atoms with van der Waals surface area (Å²) in [5.74, 6) is 0.807. The van der Waals surface area contributed by atoms with E-state index in [1.165, 1.54) is 12.7 Å². The number of aromatic nitrogens is 6. The summed E-state index contributed by atoms with van der Waals surface area (Å²) >= 11 is 0. The molecule has 0 spiro atoms. The lowest BCUT2D eigenvalue weighted by molar-refractivity contribution is 0.846. The molecule has 0 atom stereocenters. The number of hydrogen-bond donors (Lipinski definition) is 0. The minimum Gasteiger partial charge on any atom is -0.225 e. The van der Waals surface area contributed by atoms with Crippen LogP contribution >= 0.6 is 0 Å². The Bertz CT molecular complexity index is 433. The van der Waals surface area contributed by atoms with Crippen LogP contribution in [0.15, 0.2) is 25.3 Å². The first-order chi connectivity index (χ1) is 7.24. The lowest BCUT2D eigenvalue weighted by Crippen LogP contribution is -2.00. The van der Waals surface area contributed by atoms with Crippen LogP contribution in [0.25, 0.3) is 0 Å². The molecule has 0 radical (unpaired) electrons. The van der Waals surface area contributed by atoms with Crippen molar-refractivity contribution in [1.29, 1.82) is 0 Å². The van der Waals surface area contributed by atoms with Gasteiger partial charge in [0.15, 0.2) is 0 Å². The molecular weight excluding hydrogens is 168 g/mol. The fourth-order valence-corrected chi connectivity index (χ4v) is 0.785. The third kappa shape index (κ3) is 1.98. The molecule has 0 saturated heterocycles. The van der Waals surface area contributed by atoms with E-state index in [1.54, 1.807) is 0 Å². The molecule has 0 unspecified atom stereocenters. The lowest BCUT2D eigenvalue weighted by Gasteiger charge is -1.95. The van der Waals surface area contributed by atoms with Crippen molar-refractivity contribution in [3.8, 4) is 0 Å². The Hall–Kier alpha value is -1.98. The Labute approximate surface area is 77.0 Å². The van der Waals surface area contributed by atoms with Crippen molar-refractivity contribution in [3.63, 3.8) is 0 Å². The lowest BCUT2D eigenvalue weighted by atomic mass is 10.4. The Kier molecular flexibility index (Phi) is 1.56. The maximum absolute atomic E-state index is 7.19. The van der Waals surface area contributed by atoms with E-state index in [1.807, 2.05) is 0 Å². The smallest absolute Gasteiger partial charge is 0.139 e. The summed E-state index contributed by atoms with van der Waals surface area (Å²) in [5.41, 5.74) is 0. The molecule has 0 bridgehead atoms. The summed E-state index contributed by atoms with van der Waals surface area (Å²) in [4.78, 5) is 22.4. The average Bonchev–Trinajstić information content (AvgIpc) is 2.17. The van der Waals surface area contributed by atoms with Crippen molar-refractivity contribution < 1.29 is 2.74 Å². The molecular formula is C7H6N6. The second-order valence-corrected chi connectivity index (χ2v) is 2.18. The minimum atomic E-state index is -0.0971. The molecule has 64 valence electrons. The molecule has 2 rings (SSSR count). The Balaban J connectivity index is 2.22. The summed E-state index contributed by atoms with van der Waals surface area (Å²) in [7, 11) is 0. The van der Waals surface area contributed by atoms with Crippen molar-refractivity contribution in [2.24, 2.45) is 0 Å². The molecule has 0 amide bonds. The zero-order chi connectivity index (χ0) is 10.7. The van der Waals surface area contributed by atoms with Gasteiger partial charge in [-0.1, -0.05) is 0 Å². The summed E-state index contributed by atoms with van der Waals surface area (Å²) in [6, 6.07) is 0. The van der Waals surface area contributed by atoms with Gasteiger partial charge < -0.3 is 0 Å². The highest BCUT2D eigenvalue weighted by Gasteiger charge is 1.99. The average molecular weight is 178 g/mol. The van der Waals surface area contributed by atoms with Gasteiger partial charge in [-0.2, -0.15) is 0 Å². The van der Waals surface area contributed by atoms with Crippen LogP contribution in [0.2, 0.25) is 0 Å². The molecule has 0 aromatic carbocycles. The molecule has 0 saturated carbocycles. The van der Waals surface area contributed by atoms with E-state index in [0.717, 1.165) is 0 Å². The number of hydrogen-bond acceptors (Lipinski definition) is 6. The second-order valence-electron chi connectivity index (χ2n) is 2.18. The van der Waals surface area contributed by atoms with Crippen LogP contribution in [0.1, 0.15) is 14.4 Å². The van der Waals surface area contributed by atoms with Crippen LogP contribution < -0.4 is 0 Å². The molecule has 13 heavy (non-hydrogen) atoms. The van der Waals surface area contributed by atoms with E-state index >= 15 is 0 Å². The monoisotopic (exact) mass is 178 g/mol. The molecule has 0 fully saturated rings. The van der Waals surface area contributed by atoms with Gasteiger partial charge in [0, 0.05) is 0 Å². The topological polar surface area (TPSA) is 77.3 Å². The Morgan fingerprint density at radius 1 is 0.923 bits per heavy atom. The van der Waals surface area contributed by atoms with Crippen molar-refractivity contribution >= 4 is 0 Å². The second kappa shape index (κ2) is 3.61. The number of rotatable bonds is 2. The summed E-state index contributed by atoms with van der Waals surface area (Å²) < 4.78 is 14.4. The zero-order valence-corrected chi connectivity index (χ0v) is 6.55. The quantitative estimate of drug-likeness (QED) is 0.625. The van der Waals surface area contributed by atoms with Crippen LogP contribution in [0.3, 0.4) is 0 Å². The highest BCUT2D eigenvalue weighted by Crippen LogP contribution is 1.94. The Morgan fingerprint density at radius 3 is 1.92 bits per heavy atom. The molecule has 0 aliphatic rings. The third-order valence-corrected chi connectivity index (χ3v) is 1.32. The van der Waals surface area contributed by atoms with E-state index in [4.69, 9.17) is 2.74 Å². The summed E-state index contributed by atoms with van der Waals surface area (Å²) in [6.07, 6.45) is 2.59. The largest absolute Gasteiger partial charge is 0.225 e. The maximum Gasteiger partial charge on any atom is 0.139 e. The van der Waals surface area contributed by atoms with E-state index in [9.17, 15) is 0 Å². The first-order valence-corrected chi connectivity index (χ1v) is 3.53. The molecule has 2 aromatic heterocycles. The van der Waals surface area contributed by atoms with E-state index < -0.39 is 0 Å². The molecule has 0 aliphatic carbocycles. The van der Waals surface area contributed by atoms with Gasteiger partial charge in [0.1, 0.15) is 39.7 Å². The minimum absolute atomic E-state index is 0.0971. The number of nitrogens with zero attached hydrogens (tertiary/aromatic N) is 6. The van der Waals surface area contributed by atoms with Gasteiger partial charge in [0.05, 0.1) is 6.42 Å². The van der Waals surface area contributed by atoms with Gasteiger partial charge in [0.25, 0.3) is 0 Å². The van der Waals surface area contributed by atoms with Gasteiger partial charge in [-0.3, -0.25) is 0 Å². The van der Waals surface area contributed by atoms with Gasteiger partial charge in [-0.15, -0.1) is 0 Å². The first kappa shape index (κ1) is 5.63. The molecule has 0 aliphatic heterocycles. The molecule has 6 nitrogen and oxygen atoms in total. The van der Waals surface area contributed by atoms with Gasteiger partial charge >= 0.3 is 0 Å². The predicted octanol–water partition coefficient (Wildman–Crippen LogP) is -0.353. The summed E-state index contributed by atoms with van der Waals surface area (Å²) in [5, 5.41) is 0. The molecule has 6 heteroatoms. The van der Waals surface area contributed by atoms with E-state index in [-0.39, 0.29) is 19.0 Å². The van der Waals surface area contributed by atoms with Gasteiger partial charge in [0.2, 0.25) is 0 Å². The molecule has 2 heterocycles. The fraction of sp³-hybridized carbons (Fsp3) is 0.143. The first-order valence-electron chi connectivity index (χ1n) is 4.53. The van der Waals surface area contributed by atoms with Gasteiger partial charge in [-0.25, -0.2) is 29.9 Å². The van der Waals surface area contributed by atoms with Crippen molar-refractivity contribution in [2.45, 2.75) is 6.42 Å². The fourth-order valence-electron chi connectivity index (χ4n) is 0.785. The SMILES string of the molecule is [3H]c1ncnc(Cc2ncnc([3H])n2)n1. The standard InChI is InChI=1S/C7H6N6/c1(6-10-2-8-3-11-6)7-12-4-9-5-13-7/h2-5H,1H2/i2T,4T. The summed E-state index contributed by atoms with van der Waals surface area (Å²) in [6.45, 7) is 0. The van der Waals surface area contributed by atoms with Crippen LogP contribution in [-0.4, -0.2) is 29.9 Å². The van der Waals surface area contributed by atoms with Crippen LogP contribution in [0, 0.1) is 0 Å². The highest BCUT2D eigenvalue weighted by molar-refractivity contribution is 4.95. The Morgan fingerprint density at radius 2 is 1.46 bits per heavy atom. The van der Waals surface area contributed by atoms with Crippen LogP contribution in [0.5, 0.6) is 0 Å². The van der Waals surface area contributed by atoms with Crippen LogP contribution in [0.4, 0.5) is 0 Å². The van der Waals surface area contributed by atoms with Gasteiger partial charge in [-0.05, 0) is 0 Å². The van der Waals surface area contributed by atoms with E-state index in [2.05, 4.69) is 29.9 Å². The van der Waals surface area contributed by atoms with Crippen molar-refractivity contribution in [3.05, 3.63) is 36.9 Å². The third-order valence-electron chi connectivity index (χ3n) is 1.32. The zero-order valence-electron chi connectivity index (χ0n) is 8.55. The molecule has 2 aromatic rings. The normalized spacial score (nSPS) is 12.0. The highest BCUT2D eigenvalue weighted by atomic mass is 15.0. The molecule has 0 N–H and O–H groups in total. The van der Waals surface area contributed by atoms with Crippen molar-refractivity contribution in [2.75, 3.05) is 0 Å². The predicted molar refractivity (Wildman–Crippen MR) is 42.5 cm³/mol. The maximum atomic E-state index is 7.19. The van der Waals surface area contributed by atoms with Crippen molar-refractivity contribution in [1.82, 2.24) is 29.9 Å².